The number of halogens is 2. The normalized spacial score (nSPS) is 10.2. The van der Waals surface area contributed by atoms with Crippen LogP contribution in [-0.4, -0.2) is 5.91 Å². The second-order valence-corrected chi connectivity index (χ2v) is 5.91. The number of carbonyl (C=O) groups is 1. The third-order valence-electron chi connectivity index (χ3n) is 2.30. The van der Waals surface area contributed by atoms with Crippen molar-refractivity contribution >= 4 is 56.1 Å². The van der Waals surface area contributed by atoms with Crippen LogP contribution < -0.4 is 5.32 Å². The Balaban J connectivity index is 2.21. The molecular weight excluding hydrogens is 378 g/mol. The van der Waals surface area contributed by atoms with E-state index < -0.39 is 0 Å². The highest BCUT2D eigenvalue weighted by Gasteiger charge is 2.10. The molecule has 92 valence electrons. The van der Waals surface area contributed by atoms with Crippen molar-refractivity contribution in [3.63, 3.8) is 0 Å². The number of hydrogen-bond acceptors (Lipinski definition) is 2. The summed E-state index contributed by atoms with van der Waals surface area (Å²) in [5, 5.41) is 2.83. The third-order valence-corrected chi connectivity index (χ3v) is 3.79. The molecule has 0 aliphatic carbocycles. The van der Waals surface area contributed by atoms with Gasteiger partial charge in [0.25, 0.3) is 5.91 Å². The fourth-order valence-electron chi connectivity index (χ4n) is 1.42. The monoisotopic (exact) mass is 385 g/mol. The van der Waals surface area contributed by atoms with Crippen LogP contribution in [0.4, 0.5) is 5.69 Å². The van der Waals surface area contributed by atoms with E-state index in [1.54, 1.807) is 12.1 Å². The summed E-state index contributed by atoms with van der Waals surface area (Å²) < 4.78 is 1.72. The summed E-state index contributed by atoms with van der Waals surface area (Å²) in [6, 6.07) is 12.8. The van der Waals surface area contributed by atoms with Crippen molar-refractivity contribution in [2.24, 2.45) is 0 Å². The molecule has 2 rings (SSSR count). The molecule has 0 heterocycles. The fourth-order valence-corrected chi connectivity index (χ4v) is 2.31. The first-order chi connectivity index (χ1) is 8.56. The van der Waals surface area contributed by atoms with Crippen LogP contribution in [0, 0.1) is 0 Å². The van der Waals surface area contributed by atoms with E-state index in [1.165, 1.54) is 0 Å². The number of amides is 1. The van der Waals surface area contributed by atoms with Gasteiger partial charge in [-0.1, -0.05) is 15.9 Å². The van der Waals surface area contributed by atoms with Crippen molar-refractivity contribution in [1.29, 1.82) is 0 Å². The highest BCUT2D eigenvalue weighted by Crippen LogP contribution is 2.22. The van der Waals surface area contributed by atoms with Gasteiger partial charge in [-0.3, -0.25) is 4.79 Å². The number of nitrogens with one attached hydrogen (secondary N) is 1. The van der Waals surface area contributed by atoms with E-state index in [0.717, 1.165) is 19.5 Å². The van der Waals surface area contributed by atoms with E-state index in [0.29, 0.717) is 5.56 Å². The Hall–Kier alpha value is -0.780. The van der Waals surface area contributed by atoms with Gasteiger partial charge in [-0.25, -0.2) is 0 Å². The van der Waals surface area contributed by atoms with Gasteiger partial charge in [0.15, 0.2) is 0 Å². The maximum absolute atomic E-state index is 12.1. The average Bonchev–Trinajstić information content (AvgIpc) is 2.35. The number of anilines is 1. The largest absolute Gasteiger partial charge is 0.322 e. The molecule has 5 heteroatoms. The molecule has 0 unspecified atom stereocenters. The van der Waals surface area contributed by atoms with Crippen molar-refractivity contribution in [2.45, 2.75) is 4.90 Å². The summed E-state index contributed by atoms with van der Waals surface area (Å²) in [5.74, 6) is -0.167. The Bertz CT molecular complexity index is 584. The van der Waals surface area contributed by atoms with E-state index in [9.17, 15) is 4.79 Å². The van der Waals surface area contributed by atoms with Crippen LogP contribution in [0.15, 0.2) is 56.3 Å². The molecule has 18 heavy (non-hydrogen) atoms. The molecule has 2 aromatic carbocycles. The molecule has 0 spiro atoms. The molecule has 0 atom stereocenters. The van der Waals surface area contributed by atoms with Gasteiger partial charge in [-0.2, -0.15) is 0 Å². The van der Waals surface area contributed by atoms with Crippen LogP contribution in [-0.2, 0) is 0 Å². The molecule has 0 aromatic heterocycles. The topological polar surface area (TPSA) is 29.1 Å². The summed E-state index contributed by atoms with van der Waals surface area (Å²) in [7, 11) is 0. The minimum absolute atomic E-state index is 0.167. The van der Waals surface area contributed by atoms with Gasteiger partial charge in [0.05, 0.1) is 5.56 Å². The number of hydrogen-bond donors (Lipinski definition) is 2. The molecule has 0 saturated carbocycles. The highest BCUT2D eigenvalue weighted by molar-refractivity contribution is 9.10. The summed E-state index contributed by atoms with van der Waals surface area (Å²) in [5.41, 5.74) is 1.31. The number of benzene rings is 2. The van der Waals surface area contributed by atoms with Crippen LogP contribution in [0.1, 0.15) is 10.4 Å². The van der Waals surface area contributed by atoms with E-state index >= 15 is 0 Å². The van der Waals surface area contributed by atoms with Crippen LogP contribution in [0.3, 0.4) is 0 Å². The second kappa shape index (κ2) is 5.91. The number of thiol groups is 1. The van der Waals surface area contributed by atoms with Gasteiger partial charge in [-0.15, -0.1) is 12.6 Å². The molecule has 2 nitrogen and oxygen atoms in total. The maximum atomic E-state index is 12.1. The first kappa shape index (κ1) is 13.6. The smallest absolute Gasteiger partial charge is 0.256 e. The van der Waals surface area contributed by atoms with Crippen LogP contribution in [0.25, 0.3) is 0 Å². The Labute approximate surface area is 127 Å². The van der Waals surface area contributed by atoms with Crippen molar-refractivity contribution in [1.82, 2.24) is 0 Å². The zero-order valence-corrected chi connectivity index (χ0v) is 13.2. The van der Waals surface area contributed by atoms with Crippen molar-refractivity contribution in [2.75, 3.05) is 5.32 Å². The third kappa shape index (κ3) is 3.37. The number of rotatable bonds is 2. The maximum Gasteiger partial charge on any atom is 0.256 e. The SMILES string of the molecule is O=C(Nc1ccc(Br)cc1)c1cc(S)ccc1Br. The molecule has 0 radical (unpaired) electrons. The molecule has 0 fully saturated rings. The van der Waals surface area contributed by atoms with Gasteiger partial charge in [0.1, 0.15) is 0 Å². The summed E-state index contributed by atoms with van der Waals surface area (Å²) in [4.78, 5) is 12.8. The van der Waals surface area contributed by atoms with E-state index in [-0.39, 0.29) is 5.91 Å². The molecule has 0 aliphatic heterocycles. The first-order valence-electron chi connectivity index (χ1n) is 5.12. The van der Waals surface area contributed by atoms with Crippen molar-refractivity contribution < 1.29 is 4.79 Å². The van der Waals surface area contributed by atoms with Crippen LogP contribution >= 0.6 is 44.5 Å². The van der Waals surface area contributed by atoms with E-state index in [1.807, 2.05) is 30.3 Å². The molecule has 1 N–H and O–H groups in total. The summed E-state index contributed by atoms with van der Waals surface area (Å²) >= 11 is 10.9. The first-order valence-corrected chi connectivity index (χ1v) is 7.15. The Morgan fingerprint density at radius 2 is 1.72 bits per heavy atom. The lowest BCUT2D eigenvalue weighted by Gasteiger charge is -2.07. The molecule has 0 bridgehead atoms. The molecule has 0 saturated heterocycles. The summed E-state index contributed by atoms with van der Waals surface area (Å²) in [6.45, 7) is 0. The molecule has 1 amide bonds. The Morgan fingerprint density at radius 3 is 2.39 bits per heavy atom. The van der Waals surface area contributed by atoms with Crippen LogP contribution in [0.2, 0.25) is 0 Å². The summed E-state index contributed by atoms with van der Waals surface area (Å²) in [6.07, 6.45) is 0. The van der Waals surface area contributed by atoms with Crippen molar-refractivity contribution in [3.05, 3.63) is 57.0 Å². The fraction of sp³-hybridized carbons (Fsp3) is 0. The van der Waals surface area contributed by atoms with E-state index in [4.69, 9.17) is 0 Å². The van der Waals surface area contributed by atoms with Gasteiger partial charge in [0.2, 0.25) is 0 Å². The Kier molecular flexibility index (Phi) is 4.48. The van der Waals surface area contributed by atoms with Crippen LogP contribution in [0.5, 0.6) is 0 Å². The van der Waals surface area contributed by atoms with Crippen molar-refractivity contribution in [3.8, 4) is 0 Å². The minimum Gasteiger partial charge on any atom is -0.322 e. The zero-order chi connectivity index (χ0) is 13.1. The Morgan fingerprint density at radius 1 is 1.06 bits per heavy atom. The highest BCUT2D eigenvalue weighted by atomic mass is 79.9. The second-order valence-electron chi connectivity index (χ2n) is 3.63. The van der Waals surface area contributed by atoms with Gasteiger partial charge in [-0.05, 0) is 58.4 Å². The standard InChI is InChI=1S/C13H9Br2NOS/c14-8-1-3-9(4-2-8)16-13(17)11-7-10(18)5-6-12(11)15/h1-7,18H,(H,16,17). The number of carbonyl (C=O) groups excluding carboxylic acids is 1. The lowest BCUT2D eigenvalue weighted by Crippen LogP contribution is -2.12. The van der Waals surface area contributed by atoms with Gasteiger partial charge >= 0.3 is 0 Å². The predicted octanol–water partition coefficient (Wildman–Crippen LogP) is 4.75. The molecule has 0 aliphatic rings. The quantitative estimate of drug-likeness (QED) is 0.716. The zero-order valence-electron chi connectivity index (χ0n) is 9.15. The van der Waals surface area contributed by atoms with Gasteiger partial charge in [0, 0.05) is 19.5 Å². The lowest BCUT2D eigenvalue weighted by molar-refractivity contribution is 0.102. The molecule has 2 aromatic rings. The predicted molar refractivity (Wildman–Crippen MR) is 83.5 cm³/mol. The van der Waals surface area contributed by atoms with Gasteiger partial charge < -0.3 is 5.32 Å². The lowest BCUT2D eigenvalue weighted by atomic mass is 10.2. The van der Waals surface area contributed by atoms with E-state index in [2.05, 4.69) is 49.8 Å². The average molecular weight is 387 g/mol. The molecular formula is C13H9Br2NOS. The minimum atomic E-state index is -0.167.